The Bertz CT molecular complexity index is 1020. The van der Waals surface area contributed by atoms with Gasteiger partial charge in [-0.1, -0.05) is 55.4 Å². The number of carbonyl (C=O) groups is 2. The van der Waals surface area contributed by atoms with Crippen molar-refractivity contribution in [3.63, 3.8) is 0 Å². The van der Waals surface area contributed by atoms with Crippen molar-refractivity contribution in [1.29, 1.82) is 0 Å². The fraction of sp³-hybridized carbons (Fsp3) is 0.467. The van der Waals surface area contributed by atoms with Crippen LogP contribution in [0, 0.1) is 5.41 Å². The molecule has 0 atom stereocenters. The molecule has 0 spiro atoms. The van der Waals surface area contributed by atoms with Gasteiger partial charge >= 0.3 is 5.97 Å². The van der Waals surface area contributed by atoms with Crippen LogP contribution in [-0.2, 0) is 19.1 Å². The van der Waals surface area contributed by atoms with Gasteiger partial charge in [0.05, 0.1) is 0 Å². The molecule has 184 valence electrons. The van der Waals surface area contributed by atoms with Gasteiger partial charge in [0.25, 0.3) is 0 Å². The molecule has 2 aliphatic rings. The summed E-state index contributed by atoms with van der Waals surface area (Å²) in [7, 11) is 0. The van der Waals surface area contributed by atoms with Crippen LogP contribution < -0.4 is 0 Å². The van der Waals surface area contributed by atoms with E-state index in [0.29, 0.717) is 5.76 Å². The lowest BCUT2D eigenvalue weighted by molar-refractivity contribution is -0.136. The lowest BCUT2D eigenvalue weighted by Gasteiger charge is -2.32. The molecular formula is C30H40O4. The van der Waals surface area contributed by atoms with E-state index in [1.54, 1.807) is 19.9 Å². The van der Waals surface area contributed by atoms with E-state index in [9.17, 15) is 9.59 Å². The monoisotopic (exact) mass is 464 g/mol. The van der Waals surface area contributed by atoms with Gasteiger partial charge in [-0.25, -0.2) is 4.79 Å². The van der Waals surface area contributed by atoms with Crippen LogP contribution in [0.15, 0.2) is 82.2 Å². The van der Waals surface area contributed by atoms with Crippen LogP contribution in [0.3, 0.4) is 0 Å². The van der Waals surface area contributed by atoms with E-state index in [-0.39, 0.29) is 17.8 Å². The second-order valence-electron chi connectivity index (χ2n) is 10.4. The minimum absolute atomic E-state index is 0.0672. The van der Waals surface area contributed by atoms with Crippen LogP contribution in [0.2, 0.25) is 0 Å². The van der Waals surface area contributed by atoms with Crippen LogP contribution in [-0.4, -0.2) is 24.0 Å². The van der Waals surface area contributed by atoms with E-state index in [4.69, 9.17) is 9.47 Å². The molecule has 2 rings (SSSR count). The van der Waals surface area contributed by atoms with Gasteiger partial charge in [0.15, 0.2) is 5.60 Å². The maximum absolute atomic E-state index is 12.1. The van der Waals surface area contributed by atoms with Gasteiger partial charge in [-0.3, -0.25) is 4.79 Å². The summed E-state index contributed by atoms with van der Waals surface area (Å²) in [6, 6.07) is 0. The first-order chi connectivity index (χ1) is 15.8. The SMILES string of the molecule is CC1=C(/C=C/C(C)=C/C=C/C(C)=C/C(=O)OC/C=C(\C)C2=CC(=O)C(C)(C)O2)C(C)(C)CCC1. The summed E-state index contributed by atoms with van der Waals surface area (Å²) in [6.45, 7) is 16.2. The molecule has 34 heavy (non-hydrogen) atoms. The Hall–Kier alpha value is -2.88. The third kappa shape index (κ3) is 7.86. The van der Waals surface area contributed by atoms with Crippen molar-refractivity contribution < 1.29 is 19.1 Å². The van der Waals surface area contributed by atoms with Crippen molar-refractivity contribution in [2.24, 2.45) is 5.41 Å². The highest BCUT2D eigenvalue weighted by molar-refractivity contribution is 5.99. The van der Waals surface area contributed by atoms with E-state index in [1.165, 1.54) is 42.6 Å². The van der Waals surface area contributed by atoms with Gasteiger partial charge in [0.1, 0.15) is 12.4 Å². The number of hydrogen-bond acceptors (Lipinski definition) is 4. The molecule has 0 aromatic heterocycles. The summed E-state index contributed by atoms with van der Waals surface area (Å²) in [5.74, 6) is 0.0456. The molecule has 1 aliphatic heterocycles. The fourth-order valence-corrected chi connectivity index (χ4v) is 4.10. The van der Waals surface area contributed by atoms with Crippen LogP contribution in [0.4, 0.5) is 0 Å². The third-order valence-electron chi connectivity index (χ3n) is 6.34. The lowest BCUT2D eigenvalue weighted by atomic mass is 9.72. The summed E-state index contributed by atoms with van der Waals surface area (Å²) < 4.78 is 10.9. The Morgan fingerprint density at radius 2 is 1.82 bits per heavy atom. The topological polar surface area (TPSA) is 52.6 Å². The molecule has 1 heterocycles. The Kier molecular flexibility index (Phi) is 9.26. The predicted molar refractivity (Wildman–Crippen MR) is 139 cm³/mol. The van der Waals surface area contributed by atoms with Crippen LogP contribution in [0.5, 0.6) is 0 Å². The summed E-state index contributed by atoms with van der Waals surface area (Å²) in [4.78, 5) is 23.9. The number of ketones is 1. The van der Waals surface area contributed by atoms with Gasteiger partial charge in [-0.15, -0.1) is 0 Å². The van der Waals surface area contributed by atoms with Crippen LogP contribution in [0.25, 0.3) is 0 Å². The molecule has 0 unspecified atom stereocenters. The number of esters is 1. The second-order valence-corrected chi connectivity index (χ2v) is 10.4. The largest absolute Gasteiger partial charge is 0.479 e. The molecule has 0 aromatic carbocycles. The molecule has 0 fully saturated rings. The van der Waals surface area contributed by atoms with Crippen molar-refractivity contribution in [2.75, 3.05) is 6.61 Å². The summed E-state index contributed by atoms with van der Waals surface area (Å²) in [5, 5.41) is 0. The molecule has 0 aromatic rings. The number of hydrogen-bond donors (Lipinski definition) is 0. The Balaban J connectivity index is 1.87. The lowest BCUT2D eigenvalue weighted by Crippen LogP contribution is -2.27. The molecular weight excluding hydrogens is 424 g/mol. The fourth-order valence-electron chi connectivity index (χ4n) is 4.10. The van der Waals surface area contributed by atoms with E-state index in [1.807, 2.05) is 32.1 Å². The molecule has 0 N–H and O–H groups in total. The smallest absolute Gasteiger partial charge is 0.331 e. The quantitative estimate of drug-likeness (QED) is 0.215. The Morgan fingerprint density at radius 1 is 1.12 bits per heavy atom. The maximum Gasteiger partial charge on any atom is 0.331 e. The Labute approximate surface area is 205 Å². The molecule has 0 amide bonds. The predicted octanol–water partition coefficient (Wildman–Crippen LogP) is 7.27. The van der Waals surface area contributed by atoms with Crippen LogP contribution >= 0.6 is 0 Å². The first-order valence-electron chi connectivity index (χ1n) is 12.0. The van der Waals surface area contributed by atoms with Gasteiger partial charge < -0.3 is 9.47 Å². The van der Waals surface area contributed by atoms with Gasteiger partial charge in [-0.05, 0) is 89.0 Å². The van der Waals surface area contributed by atoms with E-state index in [0.717, 1.165) is 16.7 Å². The first kappa shape index (κ1) is 27.4. The van der Waals surface area contributed by atoms with Crippen molar-refractivity contribution in [3.8, 4) is 0 Å². The van der Waals surface area contributed by atoms with Gasteiger partial charge in [0.2, 0.25) is 5.78 Å². The molecule has 0 saturated heterocycles. The van der Waals surface area contributed by atoms with Crippen LogP contribution in [0.1, 0.15) is 74.7 Å². The van der Waals surface area contributed by atoms with Crippen molar-refractivity contribution >= 4 is 11.8 Å². The molecule has 4 heteroatoms. The summed E-state index contributed by atoms with van der Waals surface area (Å²) >= 11 is 0. The zero-order chi connectivity index (χ0) is 25.5. The standard InChI is InChI=1S/C30H40O4/c1-21(14-15-25-23(3)13-10-17-29(25,5)6)11-9-12-22(2)19-28(32)33-18-16-24(4)26-20-27(31)30(7,8)34-26/h9,11-12,14-16,19-20H,10,13,17-18H2,1-8H3/b12-9+,15-14+,21-11+,22-19+,24-16+. The molecule has 4 nitrogen and oxygen atoms in total. The Morgan fingerprint density at radius 3 is 2.44 bits per heavy atom. The van der Waals surface area contributed by atoms with E-state index >= 15 is 0 Å². The normalized spacial score (nSPS) is 21.4. The van der Waals surface area contributed by atoms with Crippen molar-refractivity contribution in [3.05, 3.63) is 82.2 Å². The number of ether oxygens (including phenoxy) is 2. The molecule has 0 radical (unpaired) electrons. The summed E-state index contributed by atoms with van der Waals surface area (Å²) in [5.41, 5.74) is 5.06. The minimum atomic E-state index is -0.835. The van der Waals surface area contributed by atoms with Gasteiger partial charge in [0, 0.05) is 12.2 Å². The molecule has 0 bridgehead atoms. The van der Waals surface area contributed by atoms with Crippen molar-refractivity contribution in [1.82, 2.24) is 0 Å². The summed E-state index contributed by atoms with van der Waals surface area (Å²) in [6.07, 6.45) is 18.7. The number of allylic oxidation sites excluding steroid dienone is 10. The average molecular weight is 465 g/mol. The number of carbonyl (C=O) groups excluding carboxylic acids is 2. The zero-order valence-corrected chi connectivity index (χ0v) is 22.1. The highest BCUT2D eigenvalue weighted by Crippen LogP contribution is 2.40. The minimum Gasteiger partial charge on any atom is -0.479 e. The molecule has 1 aliphatic carbocycles. The number of rotatable bonds is 8. The average Bonchev–Trinajstić information content (AvgIpc) is 2.99. The first-order valence-corrected chi connectivity index (χ1v) is 12.0. The molecule has 0 saturated carbocycles. The van der Waals surface area contributed by atoms with Gasteiger partial charge in [-0.2, -0.15) is 0 Å². The highest BCUT2D eigenvalue weighted by atomic mass is 16.5. The third-order valence-corrected chi connectivity index (χ3v) is 6.34. The second kappa shape index (κ2) is 11.5. The van der Waals surface area contributed by atoms with Crippen molar-refractivity contribution in [2.45, 2.75) is 80.3 Å². The van der Waals surface area contributed by atoms with E-state index in [2.05, 4.69) is 39.8 Å². The zero-order valence-electron chi connectivity index (χ0n) is 22.1. The van der Waals surface area contributed by atoms with E-state index < -0.39 is 11.6 Å². The highest BCUT2D eigenvalue weighted by Gasteiger charge is 2.35. The maximum atomic E-state index is 12.1.